The number of carbonyl (C=O) groups excluding carboxylic acids is 1. The Morgan fingerprint density at radius 1 is 1.12 bits per heavy atom. The highest BCUT2D eigenvalue weighted by Gasteiger charge is 2.10. The number of carbonyl (C=O) groups is 1. The molecular formula is C20H25NO4. The molecule has 0 aromatic heterocycles. The van der Waals surface area contributed by atoms with Crippen LogP contribution in [0.25, 0.3) is 0 Å². The molecule has 2 atom stereocenters. The summed E-state index contributed by atoms with van der Waals surface area (Å²) in [7, 11) is 1.33. The van der Waals surface area contributed by atoms with Gasteiger partial charge in [-0.25, -0.2) is 4.79 Å². The molecule has 0 aliphatic heterocycles. The van der Waals surface area contributed by atoms with E-state index in [1.54, 1.807) is 0 Å². The van der Waals surface area contributed by atoms with E-state index < -0.39 is 12.1 Å². The quantitative estimate of drug-likeness (QED) is 0.685. The van der Waals surface area contributed by atoms with Crippen molar-refractivity contribution in [2.45, 2.75) is 25.5 Å². The van der Waals surface area contributed by atoms with E-state index in [2.05, 4.69) is 17.0 Å². The molecule has 2 aromatic rings. The van der Waals surface area contributed by atoms with E-state index in [4.69, 9.17) is 4.74 Å². The van der Waals surface area contributed by atoms with E-state index in [9.17, 15) is 9.90 Å². The van der Waals surface area contributed by atoms with Gasteiger partial charge in [0.15, 0.2) is 6.61 Å². The van der Waals surface area contributed by atoms with Gasteiger partial charge in [-0.15, -0.1) is 0 Å². The Hall–Kier alpha value is -2.37. The Labute approximate surface area is 148 Å². The number of methoxy groups -OCH3 is 1. The number of nitrogens with one attached hydrogen (secondary N) is 1. The zero-order valence-electron chi connectivity index (χ0n) is 14.6. The molecule has 0 saturated heterocycles. The van der Waals surface area contributed by atoms with E-state index >= 15 is 0 Å². The topological polar surface area (TPSA) is 67.8 Å². The van der Waals surface area contributed by atoms with Gasteiger partial charge in [0.1, 0.15) is 5.75 Å². The molecule has 0 saturated carbocycles. The van der Waals surface area contributed by atoms with Crippen molar-refractivity contribution in [1.29, 1.82) is 0 Å². The van der Waals surface area contributed by atoms with Gasteiger partial charge in [-0.2, -0.15) is 0 Å². The number of rotatable bonds is 9. The van der Waals surface area contributed by atoms with Gasteiger partial charge in [0.05, 0.1) is 13.2 Å². The lowest BCUT2D eigenvalue weighted by Crippen LogP contribution is -2.32. The average molecular weight is 343 g/mol. The van der Waals surface area contributed by atoms with Crippen LogP contribution < -0.4 is 10.1 Å². The Morgan fingerprint density at radius 2 is 1.80 bits per heavy atom. The number of aliphatic hydroxyl groups excluding tert-OH is 1. The molecule has 2 N–H and O–H groups in total. The minimum absolute atomic E-state index is 0.0921. The third kappa shape index (κ3) is 6.57. The van der Waals surface area contributed by atoms with Gasteiger partial charge in [-0.05, 0) is 36.6 Å². The summed E-state index contributed by atoms with van der Waals surface area (Å²) in [5.41, 5.74) is 2.06. The summed E-state index contributed by atoms with van der Waals surface area (Å²) < 4.78 is 9.86. The largest absolute Gasteiger partial charge is 0.482 e. The fourth-order valence-corrected chi connectivity index (χ4v) is 2.45. The standard InChI is InChI=1S/C20H25NO4/c1-15(21-13-19(22)17-6-4-3-5-7-17)12-16-8-10-18(11-9-16)25-14-20(23)24-2/h3-11,15,19,21-22H,12-14H2,1-2H3/t15-,19?/m0/s1. The number of esters is 1. The molecule has 2 aromatic carbocycles. The van der Waals surface area contributed by atoms with Gasteiger partial charge in [0.2, 0.25) is 0 Å². The zero-order valence-corrected chi connectivity index (χ0v) is 14.6. The van der Waals surface area contributed by atoms with E-state index in [1.165, 1.54) is 7.11 Å². The number of ether oxygens (including phenoxy) is 2. The van der Waals surface area contributed by atoms with E-state index in [1.807, 2.05) is 54.6 Å². The molecule has 1 unspecified atom stereocenters. The smallest absolute Gasteiger partial charge is 0.343 e. The number of hydrogen-bond donors (Lipinski definition) is 2. The summed E-state index contributed by atoms with van der Waals surface area (Å²) in [6, 6.07) is 17.5. The fraction of sp³-hybridized carbons (Fsp3) is 0.350. The van der Waals surface area contributed by atoms with Crippen molar-refractivity contribution >= 4 is 5.97 Å². The number of benzene rings is 2. The van der Waals surface area contributed by atoms with Crippen LogP contribution in [0, 0.1) is 0 Å². The molecule has 134 valence electrons. The van der Waals surface area contributed by atoms with Gasteiger partial charge < -0.3 is 19.9 Å². The van der Waals surface area contributed by atoms with Crippen molar-refractivity contribution in [3.05, 3.63) is 65.7 Å². The van der Waals surface area contributed by atoms with Gasteiger partial charge in [-0.1, -0.05) is 42.5 Å². The molecule has 2 rings (SSSR count). The van der Waals surface area contributed by atoms with Gasteiger partial charge in [0.25, 0.3) is 0 Å². The van der Waals surface area contributed by atoms with Crippen LogP contribution >= 0.6 is 0 Å². The average Bonchev–Trinajstić information content (AvgIpc) is 2.66. The van der Waals surface area contributed by atoms with Crippen LogP contribution in [-0.4, -0.2) is 37.4 Å². The summed E-state index contributed by atoms with van der Waals surface area (Å²) in [6.07, 6.45) is 0.316. The van der Waals surface area contributed by atoms with Crippen molar-refractivity contribution in [3.63, 3.8) is 0 Å². The monoisotopic (exact) mass is 343 g/mol. The maximum atomic E-state index is 11.1. The normalized spacial score (nSPS) is 13.1. The summed E-state index contributed by atoms with van der Waals surface area (Å²) in [5.74, 6) is 0.230. The van der Waals surface area contributed by atoms with Gasteiger partial charge in [0, 0.05) is 12.6 Å². The van der Waals surface area contributed by atoms with E-state index in [0.717, 1.165) is 17.5 Å². The Kier molecular flexibility index (Phi) is 7.44. The van der Waals surface area contributed by atoms with Crippen LogP contribution in [0.15, 0.2) is 54.6 Å². The molecular weight excluding hydrogens is 318 g/mol. The summed E-state index contributed by atoms with van der Waals surface area (Å²) in [4.78, 5) is 11.1. The second kappa shape index (κ2) is 9.81. The summed E-state index contributed by atoms with van der Waals surface area (Å²) >= 11 is 0. The molecule has 5 nitrogen and oxygen atoms in total. The Balaban J connectivity index is 1.76. The first-order valence-electron chi connectivity index (χ1n) is 8.33. The SMILES string of the molecule is COC(=O)COc1ccc(C[C@H](C)NCC(O)c2ccccc2)cc1. The van der Waals surface area contributed by atoms with E-state index in [-0.39, 0.29) is 12.6 Å². The molecule has 0 heterocycles. The van der Waals surface area contributed by atoms with Crippen molar-refractivity contribution in [3.8, 4) is 5.75 Å². The fourth-order valence-electron chi connectivity index (χ4n) is 2.45. The lowest BCUT2D eigenvalue weighted by Gasteiger charge is -2.17. The molecule has 5 heteroatoms. The molecule has 0 aliphatic rings. The highest BCUT2D eigenvalue weighted by atomic mass is 16.6. The van der Waals surface area contributed by atoms with Crippen molar-refractivity contribution in [2.24, 2.45) is 0 Å². The van der Waals surface area contributed by atoms with Crippen LogP contribution in [0.4, 0.5) is 0 Å². The van der Waals surface area contributed by atoms with Crippen LogP contribution in [-0.2, 0) is 16.0 Å². The molecule has 0 spiro atoms. The molecule has 0 bridgehead atoms. The lowest BCUT2D eigenvalue weighted by atomic mass is 10.1. The van der Waals surface area contributed by atoms with Crippen LogP contribution in [0.1, 0.15) is 24.2 Å². The number of hydrogen-bond acceptors (Lipinski definition) is 5. The van der Waals surface area contributed by atoms with Crippen molar-refractivity contribution in [1.82, 2.24) is 5.32 Å². The highest BCUT2D eigenvalue weighted by molar-refractivity contribution is 5.70. The molecule has 0 fully saturated rings. The first-order valence-corrected chi connectivity index (χ1v) is 8.33. The van der Waals surface area contributed by atoms with Gasteiger partial charge >= 0.3 is 5.97 Å². The minimum Gasteiger partial charge on any atom is -0.482 e. The predicted octanol–water partition coefficient (Wildman–Crippen LogP) is 2.49. The maximum absolute atomic E-state index is 11.1. The highest BCUT2D eigenvalue weighted by Crippen LogP contribution is 2.14. The Bertz CT molecular complexity index is 643. The molecule has 0 aliphatic carbocycles. The van der Waals surface area contributed by atoms with Crippen LogP contribution in [0.5, 0.6) is 5.75 Å². The second-order valence-electron chi connectivity index (χ2n) is 5.95. The minimum atomic E-state index is -0.516. The third-order valence-electron chi connectivity index (χ3n) is 3.89. The molecule has 0 amide bonds. The first-order chi connectivity index (χ1) is 12.1. The zero-order chi connectivity index (χ0) is 18.1. The van der Waals surface area contributed by atoms with Crippen molar-refractivity contribution < 1.29 is 19.4 Å². The maximum Gasteiger partial charge on any atom is 0.343 e. The van der Waals surface area contributed by atoms with Gasteiger partial charge in [-0.3, -0.25) is 0 Å². The first kappa shape index (κ1) is 19.0. The predicted molar refractivity (Wildman–Crippen MR) is 96.5 cm³/mol. The summed E-state index contributed by atoms with van der Waals surface area (Å²) in [5, 5.41) is 13.5. The third-order valence-corrected chi connectivity index (χ3v) is 3.89. The van der Waals surface area contributed by atoms with Crippen LogP contribution in [0.3, 0.4) is 0 Å². The van der Waals surface area contributed by atoms with E-state index in [0.29, 0.717) is 12.3 Å². The second-order valence-corrected chi connectivity index (χ2v) is 5.95. The molecule has 0 radical (unpaired) electrons. The summed E-state index contributed by atoms with van der Waals surface area (Å²) in [6.45, 7) is 2.50. The van der Waals surface area contributed by atoms with Crippen LogP contribution in [0.2, 0.25) is 0 Å². The van der Waals surface area contributed by atoms with Crippen molar-refractivity contribution in [2.75, 3.05) is 20.3 Å². The Morgan fingerprint density at radius 3 is 2.44 bits per heavy atom. The number of aliphatic hydroxyl groups is 1. The molecule has 25 heavy (non-hydrogen) atoms. The lowest BCUT2D eigenvalue weighted by molar-refractivity contribution is -0.142.